The van der Waals surface area contributed by atoms with Gasteiger partial charge < -0.3 is 10.6 Å². The maximum Gasteiger partial charge on any atom is 0.196 e. The van der Waals surface area contributed by atoms with Gasteiger partial charge in [0.2, 0.25) is 0 Å². The van der Waals surface area contributed by atoms with Crippen molar-refractivity contribution in [2.75, 3.05) is 11.4 Å². The second-order valence-electron chi connectivity index (χ2n) is 5.36. The first-order chi connectivity index (χ1) is 7.95. The monoisotopic (exact) mass is 231 g/mol. The first-order valence-corrected chi connectivity index (χ1v) is 6.12. The van der Waals surface area contributed by atoms with Crippen LogP contribution in [0.2, 0.25) is 0 Å². The van der Waals surface area contributed by atoms with Crippen molar-refractivity contribution in [3.8, 4) is 0 Å². The molecule has 0 radical (unpaired) electrons. The van der Waals surface area contributed by atoms with E-state index in [1.807, 2.05) is 0 Å². The fourth-order valence-electron chi connectivity index (χ4n) is 2.21. The first kappa shape index (κ1) is 12.0. The minimum atomic E-state index is -0.0145. The Morgan fingerprint density at radius 1 is 1.29 bits per heavy atom. The summed E-state index contributed by atoms with van der Waals surface area (Å²) in [5, 5.41) is 0. The van der Waals surface area contributed by atoms with Crippen LogP contribution in [0.3, 0.4) is 0 Å². The summed E-state index contributed by atoms with van der Waals surface area (Å²) in [6.07, 6.45) is 0. The van der Waals surface area contributed by atoms with Crippen molar-refractivity contribution < 1.29 is 0 Å². The lowest BCUT2D eigenvalue weighted by Crippen LogP contribution is -2.53. The van der Waals surface area contributed by atoms with Crippen molar-refractivity contribution >= 4 is 11.6 Å². The van der Waals surface area contributed by atoms with Gasteiger partial charge in [0, 0.05) is 5.69 Å². The number of aryl methyl sites for hydroxylation is 1. The number of aliphatic imine (C=N–C) groups is 1. The molecular weight excluding hydrogens is 210 g/mol. The second kappa shape index (κ2) is 4.06. The lowest BCUT2D eigenvalue weighted by molar-refractivity contribution is 0.366. The molecule has 3 nitrogen and oxygen atoms in total. The van der Waals surface area contributed by atoms with E-state index >= 15 is 0 Å². The van der Waals surface area contributed by atoms with E-state index in [4.69, 9.17) is 5.73 Å². The Morgan fingerprint density at radius 2 is 1.88 bits per heavy atom. The molecule has 0 aliphatic carbocycles. The molecule has 92 valence electrons. The Balaban J connectivity index is 2.41. The Bertz CT molecular complexity index is 433. The molecule has 0 saturated carbocycles. The molecule has 1 aliphatic heterocycles. The number of anilines is 1. The highest BCUT2D eigenvalue weighted by Crippen LogP contribution is 2.34. The van der Waals surface area contributed by atoms with Crippen LogP contribution in [0.4, 0.5) is 5.69 Å². The maximum atomic E-state index is 6.04. The smallest absolute Gasteiger partial charge is 0.196 e. The minimum absolute atomic E-state index is 0.0145. The lowest BCUT2D eigenvalue weighted by atomic mass is 9.87. The molecule has 0 aromatic heterocycles. The Morgan fingerprint density at radius 3 is 2.41 bits per heavy atom. The van der Waals surface area contributed by atoms with E-state index in [2.05, 4.69) is 61.9 Å². The SMILES string of the molecule is Cc1ccc(N2C(N)=NCC2(C)C(C)C)cc1. The van der Waals surface area contributed by atoms with Gasteiger partial charge in [-0.3, -0.25) is 4.99 Å². The van der Waals surface area contributed by atoms with Gasteiger partial charge in [-0.25, -0.2) is 0 Å². The highest BCUT2D eigenvalue weighted by Gasteiger charge is 2.41. The van der Waals surface area contributed by atoms with Gasteiger partial charge in [-0.05, 0) is 31.9 Å². The van der Waals surface area contributed by atoms with Crippen LogP contribution < -0.4 is 10.6 Å². The van der Waals surface area contributed by atoms with Crippen LogP contribution in [0, 0.1) is 12.8 Å². The van der Waals surface area contributed by atoms with Crippen molar-refractivity contribution in [1.82, 2.24) is 0 Å². The van der Waals surface area contributed by atoms with Gasteiger partial charge in [0.1, 0.15) is 0 Å². The van der Waals surface area contributed by atoms with Gasteiger partial charge in [0.05, 0.1) is 12.1 Å². The summed E-state index contributed by atoms with van der Waals surface area (Å²) in [6.45, 7) is 9.52. The first-order valence-electron chi connectivity index (χ1n) is 6.12. The summed E-state index contributed by atoms with van der Waals surface area (Å²) in [7, 11) is 0. The standard InChI is InChI=1S/C14H21N3/c1-10(2)14(4)9-16-13(15)17(14)12-7-5-11(3)6-8-12/h5-8,10H,9H2,1-4H3,(H2,15,16). The van der Waals surface area contributed by atoms with Crippen LogP contribution in [0.25, 0.3) is 0 Å². The van der Waals surface area contributed by atoms with E-state index in [0.717, 1.165) is 12.2 Å². The Hall–Kier alpha value is -1.51. The molecule has 17 heavy (non-hydrogen) atoms. The Kier molecular flexibility index (Phi) is 2.86. The van der Waals surface area contributed by atoms with E-state index < -0.39 is 0 Å². The average Bonchev–Trinajstić information content (AvgIpc) is 2.58. The molecule has 0 fully saturated rings. The predicted octanol–water partition coefficient (Wildman–Crippen LogP) is 2.54. The third-order valence-corrected chi connectivity index (χ3v) is 3.84. The van der Waals surface area contributed by atoms with Crippen molar-refractivity contribution in [1.29, 1.82) is 0 Å². The molecule has 2 rings (SSSR count). The van der Waals surface area contributed by atoms with Crippen LogP contribution in [-0.4, -0.2) is 18.0 Å². The van der Waals surface area contributed by atoms with Crippen molar-refractivity contribution in [2.45, 2.75) is 33.2 Å². The fraction of sp³-hybridized carbons (Fsp3) is 0.500. The summed E-state index contributed by atoms with van der Waals surface area (Å²) in [5.41, 5.74) is 8.41. The third-order valence-electron chi connectivity index (χ3n) is 3.84. The lowest BCUT2D eigenvalue weighted by Gasteiger charge is -2.39. The molecular formula is C14H21N3. The summed E-state index contributed by atoms with van der Waals surface area (Å²) in [6, 6.07) is 8.46. The van der Waals surface area contributed by atoms with Gasteiger partial charge >= 0.3 is 0 Å². The van der Waals surface area contributed by atoms with E-state index in [9.17, 15) is 0 Å². The molecule has 1 aliphatic rings. The molecule has 2 N–H and O–H groups in total. The van der Waals surface area contributed by atoms with Crippen molar-refractivity contribution in [3.05, 3.63) is 29.8 Å². The van der Waals surface area contributed by atoms with Gasteiger partial charge in [0.25, 0.3) is 0 Å². The summed E-state index contributed by atoms with van der Waals surface area (Å²) in [5.74, 6) is 1.12. The summed E-state index contributed by atoms with van der Waals surface area (Å²) in [4.78, 5) is 6.57. The number of rotatable bonds is 2. The molecule has 3 heteroatoms. The number of guanidine groups is 1. The normalized spacial score (nSPS) is 24.3. The zero-order chi connectivity index (χ0) is 12.6. The quantitative estimate of drug-likeness (QED) is 0.850. The van der Waals surface area contributed by atoms with E-state index in [1.54, 1.807) is 0 Å². The summed E-state index contributed by atoms with van der Waals surface area (Å²) < 4.78 is 0. The van der Waals surface area contributed by atoms with E-state index in [-0.39, 0.29) is 5.54 Å². The molecule has 0 spiro atoms. The van der Waals surface area contributed by atoms with Crippen LogP contribution >= 0.6 is 0 Å². The van der Waals surface area contributed by atoms with Gasteiger partial charge in [0.15, 0.2) is 5.96 Å². The topological polar surface area (TPSA) is 41.6 Å². The molecule has 0 saturated heterocycles. The number of nitrogens with zero attached hydrogens (tertiary/aromatic N) is 2. The van der Waals surface area contributed by atoms with Crippen LogP contribution in [0.1, 0.15) is 26.3 Å². The van der Waals surface area contributed by atoms with Crippen LogP contribution in [-0.2, 0) is 0 Å². The minimum Gasteiger partial charge on any atom is -0.369 e. The van der Waals surface area contributed by atoms with Crippen molar-refractivity contribution in [3.63, 3.8) is 0 Å². The van der Waals surface area contributed by atoms with Crippen LogP contribution in [0.15, 0.2) is 29.3 Å². The molecule has 1 atom stereocenters. The molecule has 1 heterocycles. The zero-order valence-electron chi connectivity index (χ0n) is 11.1. The molecule has 0 bridgehead atoms. The van der Waals surface area contributed by atoms with Crippen molar-refractivity contribution in [2.24, 2.45) is 16.6 Å². The van der Waals surface area contributed by atoms with Crippen LogP contribution in [0.5, 0.6) is 0 Å². The third kappa shape index (κ3) is 1.90. The summed E-state index contributed by atoms with van der Waals surface area (Å²) >= 11 is 0. The fourth-order valence-corrected chi connectivity index (χ4v) is 2.21. The predicted molar refractivity (Wildman–Crippen MR) is 73.4 cm³/mol. The molecule has 0 amide bonds. The highest BCUT2D eigenvalue weighted by atomic mass is 15.4. The highest BCUT2D eigenvalue weighted by molar-refractivity contribution is 5.98. The number of benzene rings is 1. The van der Waals surface area contributed by atoms with Gasteiger partial charge in [-0.15, -0.1) is 0 Å². The van der Waals surface area contributed by atoms with Gasteiger partial charge in [-0.2, -0.15) is 0 Å². The van der Waals surface area contributed by atoms with E-state index in [0.29, 0.717) is 11.9 Å². The van der Waals surface area contributed by atoms with Gasteiger partial charge in [-0.1, -0.05) is 31.5 Å². The molecule has 1 aromatic rings. The largest absolute Gasteiger partial charge is 0.369 e. The Labute approximate surface area is 103 Å². The number of hydrogen-bond acceptors (Lipinski definition) is 3. The average molecular weight is 231 g/mol. The molecule has 1 unspecified atom stereocenters. The maximum absolute atomic E-state index is 6.04. The zero-order valence-corrected chi connectivity index (χ0v) is 11.1. The number of nitrogens with two attached hydrogens (primary N) is 1. The second-order valence-corrected chi connectivity index (χ2v) is 5.36. The molecule has 1 aromatic carbocycles. The number of hydrogen-bond donors (Lipinski definition) is 1. The van der Waals surface area contributed by atoms with E-state index in [1.165, 1.54) is 5.56 Å².